The minimum atomic E-state index is -0.874. The van der Waals surface area contributed by atoms with Crippen LogP contribution in [0.3, 0.4) is 0 Å². The lowest BCUT2D eigenvalue weighted by atomic mass is 9.45. The molecule has 0 aromatic carbocycles. The number of nitro groups is 1. The summed E-state index contributed by atoms with van der Waals surface area (Å²) in [5, 5.41) is 19.9. The van der Waals surface area contributed by atoms with Gasteiger partial charge in [0.25, 0.3) is 0 Å². The van der Waals surface area contributed by atoms with E-state index in [4.69, 9.17) is 5.11 Å². The molecule has 0 amide bonds. The van der Waals surface area contributed by atoms with Gasteiger partial charge in [0, 0.05) is 4.92 Å². The summed E-state index contributed by atoms with van der Waals surface area (Å²) in [6.07, 6.45) is 4.37. The number of carboxylic acids is 1. The number of carboxylic acid groups (broad SMARTS) is 1. The second kappa shape index (κ2) is 3.43. The van der Waals surface area contributed by atoms with Crippen molar-refractivity contribution in [2.45, 2.75) is 32.1 Å². The zero-order chi connectivity index (χ0) is 12.2. The molecule has 0 spiro atoms. The molecular weight excluding hydrogens is 222 g/mol. The molecule has 3 aliphatic rings. The molecule has 3 rings (SSSR count). The van der Waals surface area contributed by atoms with Gasteiger partial charge in [-0.15, -0.1) is 0 Å². The lowest BCUT2D eigenvalue weighted by molar-refractivity contribution is -0.511. The average molecular weight is 239 g/mol. The third-order valence-electron chi connectivity index (χ3n) is 5.49. The SMILES string of the molecule is O=C(O)C[C@]1(C[N+](=O)[O-])C2CC[C@@H]3C[C@@H]2[C@@H]1C3. The maximum absolute atomic E-state index is 11.0. The molecule has 5 nitrogen and oxygen atoms in total. The van der Waals surface area contributed by atoms with E-state index < -0.39 is 11.4 Å². The van der Waals surface area contributed by atoms with Crippen molar-refractivity contribution in [2.24, 2.45) is 29.1 Å². The second-order valence-corrected chi connectivity index (χ2v) is 6.09. The molecule has 17 heavy (non-hydrogen) atoms. The summed E-state index contributed by atoms with van der Waals surface area (Å²) in [6.45, 7) is -0.141. The van der Waals surface area contributed by atoms with E-state index in [1.54, 1.807) is 0 Å². The first kappa shape index (κ1) is 11.0. The third-order valence-corrected chi connectivity index (χ3v) is 5.49. The lowest BCUT2D eigenvalue weighted by Gasteiger charge is -2.57. The van der Waals surface area contributed by atoms with Crippen LogP contribution in [0.25, 0.3) is 0 Å². The van der Waals surface area contributed by atoms with Gasteiger partial charge in [0.1, 0.15) is 0 Å². The summed E-state index contributed by atoms with van der Waals surface area (Å²) in [5.74, 6) is 1.03. The summed E-state index contributed by atoms with van der Waals surface area (Å²) >= 11 is 0. The van der Waals surface area contributed by atoms with Gasteiger partial charge in [-0.25, -0.2) is 0 Å². The molecule has 0 aromatic rings. The van der Waals surface area contributed by atoms with Crippen LogP contribution in [-0.2, 0) is 4.79 Å². The van der Waals surface area contributed by atoms with Crippen LogP contribution in [-0.4, -0.2) is 22.5 Å². The number of hydrogen-bond donors (Lipinski definition) is 1. The van der Waals surface area contributed by atoms with E-state index in [1.807, 2.05) is 0 Å². The first-order valence-electron chi connectivity index (χ1n) is 6.36. The fraction of sp³-hybridized carbons (Fsp3) is 0.917. The monoisotopic (exact) mass is 239 g/mol. The van der Waals surface area contributed by atoms with Gasteiger partial charge in [-0.1, -0.05) is 6.42 Å². The Morgan fingerprint density at radius 1 is 1.35 bits per heavy atom. The minimum absolute atomic E-state index is 0.00741. The maximum atomic E-state index is 11.0. The molecule has 2 bridgehead atoms. The molecule has 0 aliphatic heterocycles. The zero-order valence-corrected chi connectivity index (χ0v) is 9.67. The van der Waals surface area contributed by atoms with Crippen LogP contribution in [0.5, 0.6) is 0 Å². The van der Waals surface area contributed by atoms with Crippen LogP contribution in [0.2, 0.25) is 0 Å². The molecule has 5 heteroatoms. The Morgan fingerprint density at radius 3 is 2.76 bits per heavy atom. The van der Waals surface area contributed by atoms with Crippen molar-refractivity contribution in [3.63, 3.8) is 0 Å². The Bertz CT molecular complexity index is 357. The van der Waals surface area contributed by atoms with Gasteiger partial charge in [-0.05, 0) is 42.9 Å². The van der Waals surface area contributed by atoms with Crippen molar-refractivity contribution >= 4 is 5.97 Å². The Labute approximate surface area is 99.3 Å². The van der Waals surface area contributed by atoms with Gasteiger partial charge in [0.15, 0.2) is 0 Å². The van der Waals surface area contributed by atoms with E-state index >= 15 is 0 Å². The van der Waals surface area contributed by atoms with Gasteiger partial charge in [0.2, 0.25) is 6.54 Å². The van der Waals surface area contributed by atoms with Crippen molar-refractivity contribution in [1.82, 2.24) is 0 Å². The molecule has 1 N–H and O–H groups in total. The van der Waals surface area contributed by atoms with E-state index in [0.29, 0.717) is 23.7 Å². The largest absolute Gasteiger partial charge is 0.481 e. The molecule has 0 heterocycles. The van der Waals surface area contributed by atoms with Crippen LogP contribution < -0.4 is 0 Å². The summed E-state index contributed by atoms with van der Waals surface area (Å²) in [6, 6.07) is 0. The smallest absolute Gasteiger partial charge is 0.304 e. The first-order valence-corrected chi connectivity index (χ1v) is 6.36. The quantitative estimate of drug-likeness (QED) is 0.599. The van der Waals surface area contributed by atoms with E-state index in [-0.39, 0.29) is 17.9 Å². The molecule has 3 aliphatic carbocycles. The Balaban J connectivity index is 1.89. The van der Waals surface area contributed by atoms with Crippen LogP contribution in [0.15, 0.2) is 0 Å². The summed E-state index contributed by atoms with van der Waals surface area (Å²) in [5.41, 5.74) is -0.523. The minimum Gasteiger partial charge on any atom is -0.481 e. The molecule has 5 atom stereocenters. The highest BCUT2D eigenvalue weighted by atomic mass is 16.6. The van der Waals surface area contributed by atoms with Crippen molar-refractivity contribution in [3.8, 4) is 0 Å². The van der Waals surface area contributed by atoms with Crippen LogP contribution in [0.1, 0.15) is 32.1 Å². The average Bonchev–Trinajstić information content (AvgIpc) is 2.41. The fourth-order valence-corrected chi connectivity index (χ4v) is 5.09. The van der Waals surface area contributed by atoms with Crippen molar-refractivity contribution in [2.75, 3.05) is 6.54 Å². The normalized spacial score (nSPS) is 46.4. The molecule has 0 saturated heterocycles. The molecule has 3 fully saturated rings. The third kappa shape index (κ3) is 1.40. The van der Waals surface area contributed by atoms with E-state index in [1.165, 1.54) is 6.42 Å². The highest BCUT2D eigenvalue weighted by Gasteiger charge is 2.68. The van der Waals surface area contributed by atoms with E-state index in [2.05, 4.69) is 0 Å². The van der Waals surface area contributed by atoms with Gasteiger partial charge in [-0.2, -0.15) is 0 Å². The summed E-state index contributed by atoms with van der Waals surface area (Å²) in [4.78, 5) is 21.6. The number of nitrogens with zero attached hydrogens (tertiary/aromatic N) is 1. The highest BCUT2D eigenvalue weighted by Crippen LogP contribution is 2.70. The zero-order valence-electron chi connectivity index (χ0n) is 9.67. The maximum Gasteiger partial charge on any atom is 0.304 e. The fourth-order valence-electron chi connectivity index (χ4n) is 5.09. The Hall–Kier alpha value is -1.13. The predicted molar refractivity (Wildman–Crippen MR) is 59.0 cm³/mol. The molecular formula is C12H17NO4. The topological polar surface area (TPSA) is 80.4 Å². The standard InChI is InChI=1S/C12H17NO4/c14-11(15)5-12(6-13(16)17)9-2-1-7-3-8(9)10(12)4-7/h7-10H,1-6H2,(H,14,15)/t7-,8+,9?,10+,12+/m1/s1. The number of rotatable bonds is 4. The van der Waals surface area contributed by atoms with E-state index in [0.717, 1.165) is 19.3 Å². The van der Waals surface area contributed by atoms with Gasteiger partial charge in [0.05, 0.1) is 11.8 Å². The van der Waals surface area contributed by atoms with Gasteiger partial charge >= 0.3 is 5.97 Å². The molecule has 0 aromatic heterocycles. The predicted octanol–water partition coefficient (Wildman–Crippen LogP) is 1.79. The van der Waals surface area contributed by atoms with Crippen molar-refractivity contribution in [3.05, 3.63) is 10.1 Å². The Morgan fingerprint density at radius 2 is 2.12 bits per heavy atom. The van der Waals surface area contributed by atoms with Crippen molar-refractivity contribution in [1.29, 1.82) is 0 Å². The molecule has 0 radical (unpaired) electrons. The number of aliphatic carboxylic acids is 1. The van der Waals surface area contributed by atoms with Crippen molar-refractivity contribution < 1.29 is 14.8 Å². The van der Waals surface area contributed by atoms with Gasteiger partial charge < -0.3 is 5.11 Å². The molecule has 94 valence electrons. The number of fused-ring (bicyclic) bond motifs is 1. The van der Waals surface area contributed by atoms with Gasteiger partial charge in [-0.3, -0.25) is 14.9 Å². The lowest BCUT2D eigenvalue weighted by Crippen LogP contribution is -2.58. The number of hydrogen-bond acceptors (Lipinski definition) is 3. The molecule has 1 unspecified atom stereocenters. The summed E-state index contributed by atoms with van der Waals surface area (Å²) in [7, 11) is 0. The summed E-state index contributed by atoms with van der Waals surface area (Å²) < 4.78 is 0. The second-order valence-electron chi connectivity index (χ2n) is 6.09. The first-order chi connectivity index (χ1) is 8.03. The van der Waals surface area contributed by atoms with E-state index in [9.17, 15) is 14.9 Å². The van der Waals surface area contributed by atoms with Crippen LogP contribution >= 0.6 is 0 Å². The highest BCUT2D eigenvalue weighted by molar-refractivity contribution is 5.68. The number of carbonyl (C=O) groups is 1. The van der Waals surface area contributed by atoms with Crippen LogP contribution in [0.4, 0.5) is 0 Å². The van der Waals surface area contributed by atoms with Crippen LogP contribution in [0, 0.1) is 39.2 Å². The Kier molecular flexibility index (Phi) is 2.22. The molecule has 3 saturated carbocycles.